The van der Waals surface area contributed by atoms with Gasteiger partial charge in [0.1, 0.15) is 11.3 Å². The molecule has 4 heterocycles. The molecule has 0 aliphatic carbocycles. The fourth-order valence-electron chi connectivity index (χ4n) is 4.50. The molecule has 0 radical (unpaired) electrons. The van der Waals surface area contributed by atoms with Gasteiger partial charge < -0.3 is 9.30 Å². The molecule has 9 nitrogen and oxygen atoms in total. The molecular weight excluding hydrogens is 592 g/mol. The van der Waals surface area contributed by atoms with Crippen molar-refractivity contribution in [2.75, 3.05) is 0 Å². The van der Waals surface area contributed by atoms with Crippen molar-refractivity contribution in [3.63, 3.8) is 0 Å². The van der Waals surface area contributed by atoms with Crippen molar-refractivity contribution < 1.29 is 39.9 Å². The highest BCUT2D eigenvalue weighted by Crippen LogP contribution is 2.33. The molecule has 0 fully saturated rings. The van der Waals surface area contributed by atoms with Crippen molar-refractivity contribution in [1.29, 1.82) is 5.41 Å². The number of ether oxygens (including phenoxy) is 1. The van der Waals surface area contributed by atoms with Crippen molar-refractivity contribution in [2.24, 2.45) is 7.05 Å². The number of imidazole rings is 2. The van der Waals surface area contributed by atoms with E-state index in [1.807, 2.05) is 0 Å². The zero-order valence-electron chi connectivity index (χ0n) is 22.1. The monoisotopic (exact) mass is 612 g/mol. The Kier molecular flexibility index (Phi) is 7.66. The molecule has 1 aromatic carbocycles. The highest BCUT2D eigenvalue weighted by molar-refractivity contribution is 5.76. The lowest BCUT2D eigenvalue weighted by Gasteiger charge is -2.12. The zero-order chi connectivity index (χ0) is 31.2. The van der Waals surface area contributed by atoms with Gasteiger partial charge >= 0.3 is 12.8 Å². The van der Waals surface area contributed by atoms with E-state index in [0.717, 1.165) is 17.0 Å². The Morgan fingerprint density at radius 3 is 2.28 bits per heavy atom. The van der Waals surface area contributed by atoms with Gasteiger partial charge in [-0.2, -0.15) is 22.0 Å². The largest absolute Gasteiger partial charge is 0.434 e. The Morgan fingerprint density at radius 2 is 1.67 bits per heavy atom. The van der Waals surface area contributed by atoms with Crippen LogP contribution in [0.2, 0.25) is 0 Å². The minimum Gasteiger partial charge on any atom is -0.416 e. The number of benzene rings is 1. The molecule has 0 saturated heterocycles. The number of rotatable bonds is 8. The van der Waals surface area contributed by atoms with Crippen LogP contribution >= 0.6 is 0 Å². The molecule has 0 aliphatic rings. The summed E-state index contributed by atoms with van der Waals surface area (Å²) in [5.74, 6) is -0.661. The van der Waals surface area contributed by atoms with Crippen LogP contribution in [0.4, 0.5) is 35.1 Å². The molecular formula is C26H20F8N8O. The molecule has 0 saturated carbocycles. The van der Waals surface area contributed by atoms with Gasteiger partial charge in [0, 0.05) is 25.0 Å². The molecule has 1 unspecified atom stereocenters. The predicted octanol–water partition coefficient (Wildman–Crippen LogP) is 5.88. The number of pyridine rings is 1. The molecule has 1 N–H and O–H groups in total. The molecule has 5 rings (SSSR count). The van der Waals surface area contributed by atoms with Crippen molar-refractivity contribution in [3.8, 4) is 28.7 Å². The highest BCUT2D eigenvalue weighted by atomic mass is 19.4. The second kappa shape index (κ2) is 11.1. The van der Waals surface area contributed by atoms with Gasteiger partial charge in [-0.3, -0.25) is 14.5 Å². The topological polar surface area (TPSA) is 99.4 Å². The first-order valence-electron chi connectivity index (χ1n) is 12.3. The van der Waals surface area contributed by atoms with Crippen molar-refractivity contribution in [2.45, 2.75) is 39.0 Å². The second-order valence-corrected chi connectivity index (χ2v) is 9.33. The summed E-state index contributed by atoms with van der Waals surface area (Å²) in [5.41, 5.74) is -1.09. The molecule has 43 heavy (non-hydrogen) atoms. The molecule has 4 aromatic heterocycles. The first kappa shape index (κ1) is 29.7. The van der Waals surface area contributed by atoms with Gasteiger partial charge in [-0.15, -0.1) is 0 Å². The number of aromatic nitrogens is 7. The summed E-state index contributed by atoms with van der Waals surface area (Å²) in [7, 11) is 1.40. The number of halogens is 8. The number of aryl methyl sites for hydroxylation is 2. The third-order valence-corrected chi connectivity index (χ3v) is 6.47. The number of alkyl halides is 8. The Labute approximate surface area is 236 Å². The summed E-state index contributed by atoms with van der Waals surface area (Å²) in [5, 5.41) is 8.49. The normalized spacial score (nSPS) is 12.9. The summed E-state index contributed by atoms with van der Waals surface area (Å²) in [6.45, 7) is -1.89. The summed E-state index contributed by atoms with van der Waals surface area (Å²) < 4.78 is 114. The SMILES string of the molecule is Cc1ccnc(OC(F)F)c1-c1ncc2c(n1)n(Cc1ccc(-c3nc(C(F)(F)F)cn3C)cc1)c(=N)n2C(F)C(F)F. The Bertz CT molecular complexity index is 1840. The van der Waals surface area contributed by atoms with Gasteiger partial charge in [-0.05, 0) is 24.1 Å². The van der Waals surface area contributed by atoms with Crippen LogP contribution in [-0.4, -0.2) is 46.7 Å². The highest BCUT2D eigenvalue weighted by Gasteiger charge is 2.34. The third kappa shape index (κ3) is 5.65. The van der Waals surface area contributed by atoms with E-state index in [1.54, 1.807) is 6.92 Å². The number of nitrogens with zero attached hydrogens (tertiary/aromatic N) is 7. The standard InChI is InChI=1S/C26H20F8N8O/c1-12-7-8-36-23(43-24(30)31)17(12)20-37-9-15-22(39-20)41(25(35)42(15)19(29)18(27)28)10-13-3-5-14(6-4-13)21-38-16(11-40(21)2)26(32,33)34/h3-9,11,18-19,24,35H,10H2,1-2H3. The summed E-state index contributed by atoms with van der Waals surface area (Å²) in [6, 6.07) is 7.45. The quantitative estimate of drug-likeness (QED) is 0.221. The number of hydrogen-bond acceptors (Lipinski definition) is 6. The average Bonchev–Trinajstić information content (AvgIpc) is 3.45. The molecule has 17 heteroatoms. The van der Waals surface area contributed by atoms with E-state index in [4.69, 9.17) is 5.41 Å². The summed E-state index contributed by atoms with van der Waals surface area (Å²) >= 11 is 0. The maximum Gasteiger partial charge on any atom is 0.434 e. The van der Waals surface area contributed by atoms with E-state index in [2.05, 4.69) is 24.7 Å². The second-order valence-electron chi connectivity index (χ2n) is 9.33. The Balaban J connectivity index is 1.60. The van der Waals surface area contributed by atoms with E-state index >= 15 is 0 Å². The van der Waals surface area contributed by atoms with Crippen molar-refractivity contribution >= 4 is 11.2 Å². The van der Waals surface area contributed by atoms with E-state index < -0.39 is 42.7 Å². The van der Waals surface area contributed by atoms with Crippen LogP contribution in [0.5, 0.6) is 5.88 Å². The first-order chi connectivity index (χ1) is 20.3. The molecule has 0 aliphatic heterocycles. The molecule has 226 valence electrons. The van der Waals surface area contributed by atoms with Crippen LogP contribution in [0.15, 0.2) is 48.9 Å². The number of nitrogens with one attached hydrogen (secondary N) is 1. The van der Waals surface area contributed by atoms with Crippen LogP contribution < -0.4 is 10.4 Å². The van der Waals surface area contributed by atoms with Crippen LogP contribution in [0, 0.1) is 12.3 Å². The summed E-state index contributed by atoms with van der Waals surface area (Å²) in [6.07, 6.45) is -8.02. The zero-order valence-corrected chi connectivity index (χ0v) is 22.1. The van der Waals surface area contributed by atoms with Gasteiger partial charge in [-0.1, -0.05) is 24.3 Å². The van der Waals surface area contributed by atoms with Crippen molar-refractivity contribution in [3.05, 3.63) is 71.4 Å². The molecule has 0 amide bonds. The third-order valence-electron chi connectivity index (χ3n) is 6.47. The van der Waals surface area contributed by atoms with Crippen molar-refractivity contribution in [1.82, 2.24) is 33.6 Å². The smallest absolute Gasteiger partial charge is 0.416 e. The lowest BCUT2D eigenvalue weighted by atomic mass is 10.1. The van der Waals surface area contributed by atoms with Crippen LogP contribution in [-0.2, 0) is 19.8 Å². The fraction of sp³-hybridized carbons (Fsp3) is 0.269. The minimum absolute atomic E-state index is 0.0289. The lowest BCUT2D eigenvalue weighted by molar-refractivity contribution is -0.140. The van der Waals surface area contributed by atoms with E-state index in [9.17, 15) is 35.1 Å². The van der Waals surface area contributed by atoms with Gasteiger partial charge in [0.25, 0.3) is 6.43 Å². The van der Waals surface area contributed by atoms with Gasteiger partial charge in [-0.25, -0.2) is 33.1 Å². The molecule has 0 spiro atoms. The lowest BCUT2D eigenvalue weighted by Crippen LogP contribution is -2.29. The number of hydrogen-bond donors (Lipinski definition) is 1. The predicted molar refractivity (Wildman–Crippen MR) is 135 cm³/mol. The number of fused-ring (bicyclic) bond motifs is 1. The van der Waals surface area contributed by atoms with Gasteiger partial charge in [0.15, 0.2) is 17.2 Å². The maximum atomic E-state index is 14.7. The molecule has 0 bridgehead atoms. The first-order valence-corrected chi connectivity index (χ1v) is 12.3. The Morgan fingerprint density at radius 1 is 0.977 bits per heavy atom. The molecule has 1 atom stereocenters. The van der Waals surface area contributed by atoms with Crippen LogP contribution in [0.25, 0.3) is 33.9 Å². The van der Waals surface area contributed by atoms with E-state index in [-0.39, 0.29) is 34.9 Å². The summed E-state index contributed by atoms with van der Waals surface area (Å²) in [4.78, 5) is 15.8. The van der Waals surface area contributed by atoms with E-state index in [0.29, 0.717) is 21.3 Å². The van der Waals surface area contributed by atoms with Gasteiger partial charge in [0.2, 0.25) is 17.8 Å². The Hall–Kier alpha value is -4.83. The van der Waals surface area contributed by atoms with E-state index in [1.165, 1.54) is 48.1 Å². The van der Waals surface area contributed by atoms with Crippen LogP contribution in [0.3, 0.4) is 0 Å². The van der Waals surface area contributed by atoms with Crippen LogP contribution in [0.1, 0.15) is 23.1 Å². The maximum absolute atomic E-state index is 14.7. The van der Waals surface area contributed by atoms with Gasteiger partial charge in [0.05, 0.1) is 18.3 Å². The minimum atomic E-state index is -4.64. The fourth-order valence-corrected chi connectivity index (χ4v) is 4.50. The average molecular weight is 612 g/mol. The molecule has 5 aromatic rings.